The molecule has 0 aromatic heterocycles. The lowest BCUT2D eigenvalue weighted by Gasteiger charge is -2.24. The number of hydrogen-bond acceptors (Lipinski definition) is 3. The first-order valence-corrected chi connectivity index (χ1v) is 6.56. The van der Waals surface area contributed by atoms with Crippen LogP contribution in [0.4, 0.5) is 4.79 Å². The topological polar surface area (TPSA) is 41.6 Å². The summed E-state index contributed by atoms with van der Waals surface area (Å²) < 4.78 is 5.29. The van der Waals surface area contributed by atoms with Crippen LogP contribution < -0.4 is 5.32 Å². The van der Waals surface area contributed by atoms with E-state index < -0.39 is 5.60 Å². The Morgan fingerprint density at radius 1 is 1.47 bits per heavy atom. The molecular weight excluding hydrogens is 216 g/mol. The van der Waals surface area contributed by atoms with Gasteiger partial charge in [0.25, 0.3) is 0 Å². The molecule has 1 rings (SSSR count). The van der Waals surface area contributed by atoms with E-state index in [0.29, 0.717) is 6.04 Å². The zero-order valence-corrected chi connectivity index (χ0v) is 11.6. The van der Waals surface area contributed by atoms with E-state index >= 15 is 0 Å². The number of rotatable bonds is 4. The quantitative estimate of drug-likeness (QED) is 0.823. The van der Waals surface area contributed by atoms with Crippen molar-refractivity contribution in [3.8, 4) is 0 Å². The molecule has 0 bridgehead atoms. The standard InChI is InChI=1S/C13H26N2O2/c1-13(2,3)17-12(16)15(4)10-6-8-11-7-5-9-14-11/h11,14H,5-10H2,1-4H3. The largest absolute Gasteiger partial charge is 0.444 e. The Balaban J connectivity index is 2.15. The van der Waals surface area contributed by atoms with Gasteiger partial charge in [-0.2, -0.15) is 0 Å². The third-order valence-electron chi connectivity index (χ3n) is 2.91. The first kappa shape index (κ1) is 14.3. The molecule has 1 atom stereocenters. The molecular formula is C13H26N2O2. The van der Waals surface area contributed by atoms with E-state index in [1.807, 2.05) is 20.8 Å². The van der Waals surface area contributed by atoms with Crippen molar-refractivity contribution in [3.05, 3.63) is 0 Å². The van der Waals surface area contributed by atoms with E-state index in [9.17, 15) is 4.79 Å². The van der Waals surface area contributed by atoms with Crippen molar-refractivity contribution in [2.24, 2.45) is 0 Å². The van der Waals surface area contributed by atoms with Gasteiger partial charge in [0.2, 0.25) is 0 Å². The summed E-state index contributed by atoms with van der Waals surface area (Å²) in [4.78, 5) is 13.3. The van der Waals surface area contributed by atoms with Gasteiger partial charge in [0, 0.05) is 19.6 Å². The zero-order valence-electron chi connectivity index (χ0n) is 11.6. The van der Waals surface area contributed by atoms with Gasteiger partial charge in [0.1, 0.15) is 5.60 Å². The maximum atomic E-state index is 11.7. The molecule has 0 aromatic carbocycles. The third-order valence-corrected chi connectivity index (χ3v) is 2.91. The predicted octanol–water partition coefficient (Wildman–Crippen LogP) is 2.39. The fraction of sp³-hybridized carbons (Fsp3) is 0.923. The molecule has 0 radical (unpaired) electrons. The maximum absolute atomic E-state index is 11.7. The predicted molar refractivity (Wildman–Crippen MR) is 69.1 cm³/mol. The van der Waals surface area contributed by atoms with Gasteiger partial charge in [-0.05, 0) is 53.0 Å². The lowest BCUT2D eigenvalue weighted by atomic mass is 10.1. The Morgan fingerprint density at radius 3 is 2.71 bits per heavy atom. The van der Waals surface area contributed by atoms with E-state index in [1.54, 1.807) is 11.9 Å². The van der Waals surface area contributed by atoms with Gasteiger partial charge >= 0.3 is 6.09 Å². The Hall–Kier alpha value is -0.770. The number of carbonyl (C=O) groups excluding carboxylic acids is 1. The van der Waals surface area contributed by atoms with Crippen molar-refractivity contribution >= 4 is 6.09 Å². The molecule has 0 spiro atoms. The van der Waals surface area contributed by atoms with Gasteiger partial charge < -0.3 is 15.0 Å². The average Bonchev–Trinajstić information content (AvgIpc) is 2.67. The molecule has 100 valence electrons. The van der Waals surface area contributed by atoms with Crippen LogP contribution in [0.1, 0.15) is 46.5 Å². The average molecular weight is 242 g/mol. The smallest absolute Gasteiger partial charge is 0.410 e. The van der Waals surface area contributed by atoms with E-state index in [1.165, 1.54) is 12.8 Å². The zero-order chi connectivity index (χ0) is 12.9. The lowest BCUT2D eigenvalue weighted by molar-refractivity contribution is 0.0295. The van der Waals surface area contributed by atoms with E-state index in [4.69, 9.17) is 4.74 Å². The Morgan fingerprint density at radius 2 is 2.18 bits per heavy atom. The number of nitrogens with zero attached hydrogens (tertiary/aromatic N) is 1. The second-order valence-corrected chi connectivity index (χ2v) is 5.84. The van der Waals surface area contributed by atoms with Gasteiger partial charge in [0.05, 0.1) is 0 Å². The van der Waals surface area contributed by atoms with Crippen molar-refractivity contribution in [2.75, 3.05) is 20.1 Å². The van der Waals surface area contributed by atoms with Crippen molar-refractivity contribution < 1.29 is 9.53 Å². The van der Waals surface area contributed by atoms with Gasteiger partial charge in [-0.15, -0.1) is 0 Å². The van der Waals surface area contributed by atoms with Crippen LogP contribution >= 0.6 is 0 Å². The van der Waals surface area contributed by atoms with E-state index in [2.05, 4.69) is 5.32 Å². The first-order chi connectivity index (χ1) is 7.88. The third kappa shape index (κ3) is 5.91. The van der Waals surface area contributed by atoms with Crippen LogP contribution in [0.25, 0.3) is 0 Å². The molecule has 17 heavy (non-hydrogen) atoms. The molecule has 4 heteroatoms. The van der Waals surface area contributed by atoms with Crippen molar-refractivity contribution in [1.82, 2.24) is 10.2 Å². The van der Waals surface area contributed by atoms with Crippen molar-refractivity contribution in [1.29, 1.82) is 0 Å². The van der Waals surface area contributed by atoms with Crippen molar-refractivity contribution in [3.63, 3.8) is 0 Å². The van der Waals surface area contributed by atoms with Gasteiger partial charge in [0.15, 0.2) is 0 Å². The van der Waals surface area contributed by atoms with Crippen LogP contribution in [0.5, 0.6) is 0 Å². The molecule has 1 amide bonds. The second-order valence-electron chi connectivity index (χ2n) is 5.84. The monoisotopic (exact) mass is 242 g/mol. The fourth-order valence-corrected chi connectivity index (χ4v) is 2.01. The Labute approximate surface area is 105 Å². The minimum atomic E-state index is -0.404. The van der Waals surface area contributed by atoms with Crippen LogP contribution in [-0.4, -0.2) is 42.8 Å². The maximum Gasteiger partial charge on any atom is 0.410 e. The van der Waals surface area contributed by atoms with Crippen LogP contribution in [0.15, 0.2) is 0 Å². The highest BCUT2D eigenvalue weighted by Gasteiger charge is 2.20. The molecule has 4 nitrogen and oxygen atoms in total. The number of nitrogens with one attached hydrogen (secondary N) is 1. The summed E-state index contributed by atoms with van der Waals surface area (Å²) in [6, 6.07) is 0.655. The molecule has 1 aliphatic heterocycles. The molecule has 1 unspecified atom stereocenters. The fourth-order valence-electron chi connectivity index (χ4n) is 2.01. The highest BCUT2D eigenvalue weighted by atomic mass is 16.6. The molecule has 0 saturated carbocycles. The van der Waals surface area contributed by atoms with Crippen LogP contribution in [0.3, 0.4) is 0 Å². The molecule has 0 aromatic rings. The number of ether oxygens (including phenoxy) is 1. The summed E-state index contributed by atoms with van der Waals surface area (Å²) in [7, 11) is 1.80. The Bertz CT molecular complexity index is 242. The molecule has 1 N–H and O–H groups in total. The molecule has 1 saturated heterocycles. The molecule has 1 heterocycles. The van der Waals surface area contributed by atoms with E-state index in [-0.39, 0.29) is 6.09 Å². The van der Waals surface area contributed by atoms with Crippen LogP contribution in [0, 0.1) is 0 Å². The summed E-state index contributed by atoms with van der Waals surface area (Å²) in [6.45, 7) is 7.59. The minimum Gasteiger partial charge on any atom is -0.444 e. The van der Waals surface area contributed by atoms with Crippen LogP contribution in [0.2, 0.25) is 0 Å². The minimum absolute atomic E-state index is 0.225. The summed E-state index contributed by atoms with van der Waals surface area (Å²) in [5.74, 6) is 0. The first-order valence-electron chi connectivity index (χ1n) is 6.56. The number of amides is 1. The summed E-state index contributed by atoms with van der Waals surface area (Å²) >= 11 is 0. The second kappa shape index (κ2) is 6.24. The number of carbonyl (C=O) groups is 1. The van der Waals surface area contributed by atoms with Gasteiger partial charge in [-0.3, -0.25) is 0 Å². The summed E-state index contributed by atoms with van der Waals surface area (Å²) in [5.41, 5.74) is -0.404. The summed E-state index contributed by atoms with van der Waals surface area (Å²) in [6.07, 6.45) is 4.51. The van der Waals surface area contributed by atoms with Gasteiger partial charge in [-0.25, -0.2) is 4.79 Å². The van der Waals surface area contributed by atoms with E-state index in [0.717, 1.165) is 25.9 Å². The highest BCUT2D eigenvalue weighted by molar-refractivity contribution is 5.67. The van der Waals surface area contributed by atoms with Crippen LogP contribution in [-0.2, 0) is 4.74 Å². The molecule has 1 aliphatic rings. The molecule has 1 fully saturated rings. The number of hydrogen-bond donors (Lipinski definition) is 1. The SMILES string of the molecule is CN(CCCC1CCCN1)C(=O)OC(C)(C)C. The Kier molecular flexibility index (Phi) is 5.25. The summed E-state index contributed by atoms with van der Waals surface area (Å²) in [5, 5.41) is 3.46. The normalized spacial score (nSPS) is 20.4. The lowest BCUT2D eigenvalue weighted by Crippen LogP contribution is -2.35. The van der Waals surface area contributed by atoms with Crippen molar-refractivity contribution in [2.45, 2.75) is 58.1 Å². The molecule has 0 aliphatic carbocycles. The van der Waals surface area contributed by atoms with Gasteiger partial charge in [-0.1, -0.05) is 0 Å². The highest BCUT2D eigenvalue weighted by Crippen LogP contribution is 2.12.